The Balaban J connectivity index is 2.99. The smallest absolute Gasteiger partial charge is 0.325 e. The summed E-state index contributed by atoms with van der Waals surface area (Å²) >= 11 is 0. The molecule has 0 saturated heterocycles. The van der Waals surface area contributed by atoms with Crippen LogP contribution in [0.25, 0.3) is 0 Å². The molecule has 1 rings (SSSR count). The Morgan fingerprint density at radius 3 is 2.82 bits per heavy atom. The second-order valence-corrected chi connectivity index (χ2v) is 3.29. The number of phenols is 1. The third-order valence-corrected chi connectivity index (χ3v) is 2.19. The highest BCUT2D eigenvalue weighted by molar-refractivity contribution is 5.76. The topological polar surface area (TPSA) is 78.8 Å². The molecule has 0 fully saturated rings. The minimum atomic E-state index is -1.06. The van der Waals surface area contributed by atoms with Crippen LogP contribution in [0, 0.1) is 12.3 Å². The molecule has 0 aliphatic rings. The van der Waals surface area contributed by atoms with Crippen LogP contribution in [0.15, 0.2) is 18.2 Å². The molecule has 1 atom stereocenters. The Kier molecular flexibility index (Phi) is 4.37. The average molecular weight is 235 g/mol. The van der Waals surface area contributed by atoms with Crippen LogP contribution in [0.3, 0.4) is 0 Å². The quantitative estimate of drug-likeness (QED) is 0.656. The van der Waals surface area contributed by atoms with Crippen LogP contribution >= 0.6 is 0 Å². The number of methoxy groups -OCH3 is 1. The van der Waals surface area contributed by atoms with Crippen molar-refractivity contribution >= 4 is 5.97 Å². The predicted octanol–water partition coefficient (Wildman–Crippen LogP) is 0.749. The van der Waals surface area contributed by atoms with Gasteiger partial charge in [0.05, 0.1) is 13.7 Å². The van der Waals surface area contributed by atoms with Gasteiger partial charge in [0, 0.05) is 0 Å². The van der Waals surface area contributed by atoms with Gasteiger partial charge in [-0.05, 0) is 17.7 Å². The lowest BCUT2D eigenvalue weighted by Gasteiger charge is -2.14. The molecule has 0 aliphatic heterocycles. The fourth-order valence-corrected chi connectivity index (χ4v) is 1.40. The SMILES string of the molecule is C#CCNC(C(=O)O)c1ccc(OC)c(O)c1. The molecule has 90 valence electrons. The van der Waals surface area contributed by atoms with E-state index in [0.717, 1.165) is 0 Å². The number of aromatic hydroxyl groups is 1. The molecule has 0 heterocycles. The van der Waals surface area contributed by atoms with Gasteiger partial charge in [0.15, 0.2) is 11.5 Å². The molecule has 17 heavy (non-hydrogen) atoms. The van der Waals surface area contributed by atoms with Crippen molar-refractivity contribution in [2.75, 3.05) is 13.7 Å². The van der Waals surface area contributed by atoms with Crippen LogP contribution in [0.1, 0.15) is 11.6 Å². The summed E-state index contributed by atoms with van der Waals surface area (Å²) in [6, 6.07) is 3.43. The summed E-state index contributed by atoms with van der Waals surface area (Å²) < 4.78 is 4.87. The number of carboxylic acids is 1. The molecule has 0 aliphatic carbocycles. The van der Waals surface area contributed by atoms with Gasteiger partial charge in [-0.2, -0.15) is 0 Å². The molecular formula is C12H13NO4. The number of carbonyl (C=O) groups is 1. The molecule has 0 spiro atoms. The second kappa shape index (κ2) is 5.77. The maximum absolute atomic E-state index is 11.0. The lowest BCUT2D eigenvalue weighted by molar-refractivity contribution is -0.139. The molecular weight excluding hydrogens is 222 g/mol. The van der Waals surface area contributed by atoms with Gasteiger partial charge in [-0.1, -0.05) is 12.0 Å². The van der Waals surface area contributed by atoms with Gasteiger partial charge in [0.1, 0.15) is 6.04 Å². The van der Waals surface area contributed by atoms with Gasteiger partial charge in [0.2, 0.25) is 0 Å². The molecule has 5 heteroatoms. The highest BCUT2D eigenvalue weighted by Crippen LogP contribution is 2.28. The fraction of sp³-hybridized carbons (Fsp3) is 0.250. The second-order valence-electron chi connectivity index (χ2n) is 3.29. The average Bonchev–Trinajstić information content (AvgIpc) is 2.29. The summed E-state index contributed by atoms with van der Waals surface area (Å²) in [6.07, 6.45) is 5.06. The summed E-state index contributed by atoms with van der Waals surface area (Å²) in [6.45, 7) is 0.129. The van der Waals surface area contributed by atoms with E-state index in [1.54, 1.807) is 6.07 Å². The summed E-state index contributed by atoms with van der Waals surface area (Å²) in [4.78, 5) is 11.0. The summed E-state index contributed by atoms with van der Waals surface area (Å²) in [5, 5.41) is 21.3. The highest BCUT2D eigenvalue weighted by Gasteiger charge is 2.19. The van der Waals surface area contributed by atoms with Crippen molar-refractivity contribution in [3.63, 3.8) is 0 Å². The zero-order valence-corrected chi connectivity index (χ0v) is 9.30. The third-order valence-electron chi connectivity index (χ3n) is 2.19. The number of ether oxygens (including phenoxy) is 1. The lowest BCUT2D eigenvalue weighted by Crippen LogP contribution is -2.28. The van der Waals surface area contributed by atoms with Crippen LogP contribution in [0.5, 0.6) is 11.5 Å². The molecule has 0 saturated carbocycles. The van der Waals surface area contributed by atoms with Crippen molar-refractivity contribution in [1.29, 1.82) is 0 Å². The number of phenolic OH excluding ortho intramolecular Hbond substituents is 1. The predicted molar refractivity (Wildman–Crippen MR) is 61.9 cm³/mol. The Labute approximate surface area is 99.0 Å². The van der Waals surface area contributed by atoms with E-state index in [4.69, 9.17) is 16.3 Å². The number of terminal acetylenes is 1. The Morgan fingerprint density at radius 1 is 1.65 bits per heavy atom. The lowest BCUT2D eigenvalue weighted by atomic mass is 10.1. The molecule has 0 amide bonds. The molecule has 1 aromatic carbocycles. The van der Waals surface area contributed by atoms with Gasteiger partial charge in [-0.25, -0.2) is 0 Å². The summed E-state index contributed by atoms with van der Waals surface area (Å²) in [5.74, 6) is 1.41. The van der Waals surface area contributed by atoms with Crippen LogP contribution in [0.2, 0.25) is 0 Å². The van der Waals surface area contributed by atoms with Crippen LogP contribution in [0.4, 0.5) is 0 Å². The van der Waals surface area contributed by atoms with E-state index in [-0.39, 0.29) is 18.0 Å². The van der Waals surface area contributed by atoms with Crippen LogP contribution in [-0.4, -0.2) is 29.8 Å². The van der Waals surface area contributed by atoms with Gasteiger partial charge in [-0.3, -0.25) is 10.1 Å². The zero-order valence-electron chi connectivity index (χ0n) is 9.30. The number of nitrogens with one attached hydrogen (secondary N) is 1. The number of rotatable bonds is 5. The minimum Gasteiger partial charge on any atom is -0.504 e. The van der Waals surface area contributed by atoms with E-state index in [9.17, 15) is 9.90 Å². The van der Waals surface area contributed by atoms with E-state index in [1.807, 2.05) is 0 Å². The van der Waals surface area contributed by atoms with Crippen LogP contribution in [-0.2, 0) is 4.79 Å². The number of benzene rings is 1. The first kappa shape index (κ1) is 12.9. The largest absolute Gasteiger partial charge is 0.504 e. The van der Waals surface area contributed by atoms with Gasteiger partial charge in [-0.15, -0.1) is 6.42 Å². The normalized spacial score (nSPS) is 11.5. The minimum absolute atomic E-state index is 0.112. The first-order valence-electron chi connectivity index (χ1n) is 4.86. The number of carboxylic acid groups (broad SMARTS) is 1. The maximum Gasteiger partial charge on any atom is 0.325 e. The van der Waals surface area contributed by atoms with E-state index in [1.165, 1.54) is 19.2 Å². The Bertz CT molecular complexity index is 450. The van der Waals surface area contributed by atoms with Crippen molar-refractivity contribution < 1.29 is 19.7 Å². The van der Waals surface area contributed by atoms with E-state index >= 15 is 0 Å². The Morgan fingerprint density at radius 2 is 2.35 bits per heavy atom. The standard InChI is InChI=1S/C12H13NO4/c1-3-6-13-11(12(15)16)8-4-5-10(17-2)9(14)7-8/h1,4-5,7,11,13-14H,6H2,2H3,(H,15,16). The third kappa shape index (κ3) is 3.13. The summed E-state index contributed by atoms with van der Waals surface area (Å²) in [5.41, 5.74) is 0.408. The van der Waals surface area contributed by atoms with Gasteiger partial charge in [0.25, 0.3) is 0 Å². The number of hydrogen-bond donors (Lipinski definition) is 3. The maximum atomic E-state index is 11.0. The fourth-order valence-electron chi connectivity index (χ4n) is 1.40. The van der Waals surface area contributed by atoms with Crippen molar-refractivity contribution in [3.8, 4) is 23.8 Å². The highest BCUT2D eigenvalue weighted by atomic mass is 16.5. The monoisotopic (exact) mass is 235 g/mol. The van der Waals surface area contributed by atoms with Crippen LogP contribution < -0.4 is 10.1 Å². The molecule has 1 aromatic rings. The number of hydrogen-bond acceptors (Lipinski definition) is 4. The van der Waals surface area contributed by atoms with E-state index < -0.39 is 12.0 Å². The van der Waals surface area contributed by atoms with E-state index in [0.29, 0.717) is 5.56 Å². The van der Waals surface area contributed by atoms with Gasteiger partial charge >= 0.3 is 5.97 Å². The Hall–Kier alpha value is -2.19. The number of aliphatic carboxylic acids is 1. The first-order valence-corrected chi connectivity index (χ1v) is 4.86. The summed E-state index contributed by atoms with van der Waals surface area (Å²) in [7, 11) is 1.42. The zero-order chi connectivity index (χ0) is 12.8. The first-order chi connectivity index (χ1) is 8.10. The van der Waals surface area contributed by atoms with Crippen molar-refractivity contribution in [3.05, 3.63) is 23.8 Å². The van der Waals surface area contributed by atoms with Crippen molar-refractivity contribution in [1.82, 2.24) is 5.32 Å². The van der Waals surface area contributed by atoms with E-state index in [2.05, 4.69) is 11.2 Å². The molecule has 5 nitrogen and oxygen atoms in total. The van der Waals surface area contributed by atoms with Gasteiger partial charge < -0.3 is 14.9 Å². The van der Waals surface area contributed by atoms with Crippen molar-refractivity contribution in [2.45, 2.75) is 6.04 Å². The molecule has 0 radical (unpaired) electrons. The molecule has 1 unspecified atom stereocenters. The van der Waals surface area contributed by atoms with Crippen molar-refractivity contribution in [2.24, 2.45) is 0 Å². The molecule has 3 N–H and O–H groups in total. The molecule has 0 aromatic heterocycles. The molecule has 0 bridgehead atoms.